The monoisotopic (exact) mass is 630 g/mol. The number of hydrogen-bond donors (Lipinski definition) is 2. The number of carbonyl (C=O) groups excluding carboxylic acids is 2. The lowest BCUT2D eigenvalue weighted by Gasteiger charge is -2.18. The zero-order chi connectivity index (χ0) is 31.9. The van der Waals surface area contributed by atoms with Crippen LogP contribution in [0.2, 0.25) is 0 Å². The first-order valence-corrected chi connectivity index (χ1v) is 18.7. The van der Waals surface area contributed by atoms with Crippen LogP contribution in [-0.2, 0) is 28.2 Å². The molecule has 0 radical (unpaired) electrons. The fraction of sp³-hybridized carbons (Fsp3) is 0.824. The van der Waals surface area contributed by atoms with Gasteiger partial charge in [-0.2, -0.15) is 0 Å². The molecule has 0 aliphatic rings. The molecule has 0 aromatic heterocycles. The highest BCUT2D eigenvalue weighted by atomic mass is 31.2. The van der Waals surface area contributed by atoms with Crippen LogP contribution in [0.15, 0.2) is 24.3 Å². The average molecular weight is 631 g/mol. The van der Waals surface area contributed by atoms with E-state index >= 15 is 0 Å². The molecule has 0 saturated carbocycles. The van der Waals surface area contributed by atoms with E-state index in [1.165, 1.54) is 70.6 Å². The Morgan fingerprint density at radius 1 is 0.605 bits per heavy atom. The largest absolute Gasteiger partial charge is 0.469 e. The van der Waals surface area contributed by atoms with Gasteiger partial charge in [-0.05, 0) is 44.9 Å². The lowest BCUT2D eigenvalue weighted by atomic mass is 10.1. The molecule has 0 bridgehead atoms. The summed E-state index contributed by atoms with van der Waals surface area (Å²) >= 11 is 0. The van der Waals surface area contributed by atoms with E-state index in [9.17, 15) is 14.2 Å². The molecule has 9 heteroatoms. The lowest BCUT2D eigenvalue weighted by Crippen LogP contribution is -2.29. The van der Waals surface area contributed by atoms with Crippen LogP contribution < -0.4 is 0 Å². The van der Waals surface area contributed by atoms with Gasteiger partial charge in [-0.15, -0.1) is 0 Å². The van der Waals surface area contributed by atoms with Crippen LogP contribution in [0.1, 0.15) is 162 Å². The number of carbonyl (C=O) groups is 2. The Morgan fingerprint density at radius 2 is 1.05 bits per heavy atom. The van der Waals surface area contributed by atoms with Crippen molar-refractivity contribution < 1.29 is 37.9 Å². The molecule has 43 heavy (non-hydrogen) atoms. The molecule has 252 valence electrons. The van der Waals surface area contributed by atoms with Gasteiger partial charge in [0.2, 0.25) is 0 Å². The number of phosphoric ester groups is 1. The molecule has 0 heterocycles. The van der Waals surface area contributed by atoms with Crippen LogP contribution in [0.3, 0.4) is 0 Å². The first-order chi connectivity index (χ1) is 20.8. The van der Waals surface area contributed by atoms with Gasteiger partial charge in [0.05, 0.1) is 6.61 Å². The van der Waals surface area contributed by atoms with Gasteiger partial charge in [0.25, 0.3) is 0 Å². The van der Waals surface area contributed by atoms with Crippen LogP contribution in [-0.4, -0.2) is 41.0 Å². The Bertz CT molecular complexity index is 761. The molecule has 0 aromatic rings. The maximum Gasteiger partial charge on any atom is 0.469 e. The number of ether oxygens (including phenoxy) is 2. The summed E-state index contributed by atoms with van der Waals surface area (Å²) < 4.78 is 26.0. The maximum absolute atomic E-state index is 12.2. The summed E-state index contributed by atoms with van der Waals surface area (Å²) in [6.45, 7) is 3.51. The smallest absolute Gasteiger partial charge is 0.462 e. The van der Waals surface area contributed by atoms with Gasteiger partial charge in [0, 0.05) is 12.8 Å². The van der Waals surface area contributed by atoms with Crippen molar-refractivity contribution in [3.05, 3.63) is 24.3 Å². The van der Waals surface area contributed by atoms with Gasteiger partial charge >= 0.3 is 19.8 Å². The molecule has 1 atom stereocenters. The fourth-order valence-electron chi connectivity index (χ4n) is 4.64. The second-order valence-corrected chi connectivity index (χ2v) is 12.7. The molecule has 0 spiro atoms. The molecular weight excluding hydrogens is 567 g/mol. The highest BCUT2D eigenvalue weighted by molar-refractivity contribution is 7.46. The topological polar surface area (TPSA) is 119 Å². The van der Waals surface area contributed by atoms with E-state index < -0.39 is 32.5 Å². The van der Waals surface area contributed by atoms with E-state index in [2.05, 4.69) is 42.7 Å². The van der Waals surface area contributed by atoms with Gasteiger partial charge in [-0.3, -0.25) is 14.1 Å². The molecule has 0 amide bonds. The molecule has 0 aliphatic heterocycles. The van der Waals surface area contributed by atoms with Crippen LogP contribution >= 0.6 is 7.82 Å². The number of unbranched alkanes of at least 4 members (excludes halogenated alkanes) is 17. The van der Waals surface area contributed by atoms with Crippen molar-refractivity contribution in [1.82, 2.24) is 0 Å². The number of rotatable bonds is 31. The Hall–Kier alpha value is -1.47. The van der Waals surface area contributed by atoms with Crippen LogP contribution in [0, 0.1) is 0 Å². The van der Waals surface area contributed by atoms with Gasteiger partial charge in [-0.25, -0.2) is 4.57 Å². The van der Waals surface area contributed by atoms with Crippen molar-refractivity contribution >= 4 is 19.8 Å². The Morgan fingerprint density at radius 3 is 1.56 bits per heavy atom. The first-order valence-electron chi connectivity index (χ1n) is 17.1. The number of phosphoric acid groups is 1. The van der Waals surface area contributed by atoms with Crippen LogP contribution in [0.4, 0.5) is 0 Å². The number of esters is 2. The van der Waals surface area contributed by atoms with Crippen LogP contribution in [0.5, 0.6) is 0 Å². The predicted molar refractivity (Wildman–Crippen MR) is 175 cm³/mol. The SMILES string of the molecule is CCCCCCC/C=C\C/C=C\CCCCCCCCCCCC(=O)OC(COC(=O)CCCCCC)COP(=O)(O)O. The normalized spacial score (nSPS) is 12.7. The maximum atomic E-state index is 12.2. The second-order valence-electron chi connectivity index (χ2n) is 11.5. The zero-order valence-electron chi connectivity index (χ0n) is 27.4. The summed E-state index contributed by atoms with van der Waals surface area (Å²) in [6.07, 6.45) is 32.5. The molecule has 0 aliphatic carbocycles. The van der Waals surface area contributed by atoms with E-state index in [1.54, 1.807) is 0 Å². The summed E-state index contributed by atoms with van der Waals surface area (Å²) in [7, 11) is -4.73. The van der Waals surface area contributed by atoms with E-state index in [-0.39, 0.29) is 19.4 Å². The second kappa shape index (κ2) is 30.6. The minimum atomic E-state index is -4.73. The molecule has 0 aromatic carbocycles. The minimum absolute atomic E-state index is 0.208. The summed E-state index contributed by atoms with van der Waals surface area (Å²) in [5.41, 5.74) is 0. The van der Waals surface area contributed by atoms with Gasteiger partial charge < -0.3 is 19.3 Å². The van der Waals surface area contributed by atoms with Crippen molar-refractivity contribution in [1.29, 1.82) is 0 Å². The summed E-state index contributed by atoms with van der Waals surface area (Å²) in [5.74, 6) is -0.909. The van der Waals surface area contributed by atoms with Crippen molar-refractivity contribution in [3.63, 3.8) is 0 Å². The van der Waals surface area contributed by atoms with E-state index in [1.807, 2.05) is 0 Å². The third kappa shape index (κ3) is 33.3. The number of allylic oxidation sites excluding steroid dienone is 4. The van der Waals surface area contributed by atoms with Gasteiger partial charge in [0.15, 0.2) is 6.10 Å². The molecule has 8 nitrogen and oxygen atoms in total. The standard InChI is InChI=1S/C34H63O8P/c1-3-5-7-9-10-11-12-13-14-15-16-17-18-19-20-21-22-23-24-25-27-29-34(36)42-32(31-41-43(37,38)39)30-40-33(35)28-26-8-6-4-2/h12-13,15-16,32H,3-11,14,17-31H2,1-2H3,(H2,37,38,39)/b13-12-,16-15-. The van der Waals surface area contributed by atoms with Gasteiger partial charge in [0.1, 0.15) is 6.61 Å². The summed E-state index contributed by atoms with van der Waals surface area (Å²) in [4.78, 5) is 42.1. The fourth-order valence-corrected chi connectivity index (χ4v) is 5.00. The summed E-state index contributed by atoms with van der Waals surface area (Å²) in [5, 5.41) is 0. The molecule has 0 rings (SSSR count). The molecule has 0 saturated heterocycles. The van der Waals surface area contributed by atoms with E-state index in [0.717, 1.165) is 51.4 Å². The molecule has 0 fully saturated rings. The van der Waals surface area contributed by atoms with Crippen molar-refractivity contribution in [2.24, 2.45) is 0 Å². The molecule has 1 unspecified atom stereocenters. The average Bonchev–Trinajstić information content (AvgIpc) is 2.97. The van der Waals surface area contributed by atoms with Crippen molar-refractivity contribution in [3.8, 4) is 0 Å². The third-order valence-electron chi connectivity index (χ3n) is 7.22. The molecular formula is C34H63O8P. The van der Waals surface area contributed by atoms with Gasteiger partial charge in [-0.1, -0.05) is 128 Å². The van der Waals surface area contributed by atoms with E-state index in [0.29, 0.717) is 12.8 Å². The Balaban J connectivity index is 3.81. The van der Waals surface area contributed by atoms with E-state index in [4.69, 9.17) is 19.3 Å². The number of hydrogen-bond acceptors (Lipinski definition) is 6. The highest BCUT2D eigenvalue weighted by Gasteiger charge is 2.22. The lowest BCUT2D eigenvalue weighted by molar-refractivity contribution is -0.161. The highest BCUT2D eigenvalue weighted by Crippen LogP contribution is 2.35. The Kier molecular flexibility index (Phi) is 29.5. The van der Waals surface area contributed by atoms with Crippen molar-refractivity contribution in [2.45, 2.75) is 168 Å². The first kappa shape index (κ1) is 41.5. The zero-order valence-corrected chi connectivity index (χ0v) is 28.2. The Labute approximate surface area is 262 Å². The van der Waals surface area contributed by atoms with Crippen molar-refractivity contribution in [2.75, 3.05) is 13.2 Å². The minimum Gasteiger partial charge on any atom is -0.462 e. The molecule has 2 N–H and O–H groups in total. The quantitative estimate of drug-likeness (QED) is 0.0336. The predicted octanol–water partition coefficient (Wildman–Crippen LogP) is 9.68. The van der Waals surface area contributed by atoms with Crippen LogP contribution in [0.25, 0.3) is 0 Å². The third-order valence-corrected chi connectivity index (χ3v) is 7.71. The summed E-state index contributed by atoms with van der Waals surface area (Å²) in [6, 6.07) is 0.